The molecule has 1 aliphatic rings. The molecule has 0 aromatic heterocycles. The molecule has 5 heteroatoms. The second kappa shape index (κ2) is 8.00. The van der Waals surface area contributed by atoms with Crippen molar-refractivity contribution in [3.8, 4) is 0 Å². The van der Waals surface area contributed by atoms with E-state index < -0.39 is 5.54 Å². The standard InChI is InChI=1S/C20H30N2O3/c1-6-20(2,19(24)25-5)22(13-15-10-11-15)14-16-8-7-9-17(12-16)18(23)21(3)4/h7-9,12,15H,6,10-11,13-14H2,1-5H3. The first-order valence-corrected chi connectivity index (χ1v) is 8.96. The van der Waals surface area contributed by atoms with E-state index in [4.69, 9.17) is 4.74 Å². The van der Waals surface area contributed by atoms with Gasteiger partial charge in [0.1, 0.15) is 5.54 Å². The molecule has 1 amide bonds. The summed E-state index contributed by atoms with van der Waals surface area (Å²) in [6, 6.07) is 7.68. The highest BCUT2D eigenvalue weighted by atomic mass is 16.5. The average Bonchev–Trinajstić information content (AvgIpc) is 3.43. The fourth-order valence-corrected chi connectivity index (χ4v) is 3.05. The van der Waals surface area contributed by atoms with E-state index in [9.17, 15) is 9.59 Å². The number of nitrogens with zero attached hydrogens (tertiary/aromatic N) is 2. The third-order valence-corrected chi connectivity index (χ3v) is 5.14. The van der Waals surface area contributed by atoms with E-state index in [1.807, 2.05) is 38.1 Å². The maximum absolute atomic E-state index is 12.4. The van der Waals surface area contributed by atoms with Crippen molar-refractivity contribution in [2.75, 3.05) is 27.7 Å². The minimum Gasteiger partial charge on any atom is -0.468 e. The van der Waals surface area contributed by atoms with Crippen LogP contribution in [0.5, 0.6) is 0 Å². The van der Waals surface area contributed by atoms with Crippen LogP contribution >= 0.6 is 0 Å². The van der Waals surface area contributed by atoms with Gasteiger partial charge in [0.15, 0.2) is 0 Å². The lowest BCUT2D eigenvalue weighted by Crippen LogP contribution is -2.53. The van der Waals surface area contributed by atoms with E-state index in [1.54, 1.807) is 19.0 Å². The highest BCUT2D eigenvalue weighted by Gasteiger charge is 2.41. The van der Waals surface area contributed by atoms with Crippen molar-refractivity contribution in [3.63, 3.8) is 0 Å². The van der Waals surface area contributed by atoms with Crippen LogP contribution in [0.4, 0.5) is 0 Å². The zero-order chi connectivity index (χ0) is 18.6. The number of esters is 1. The lowest BCUT2D eigenvalue weighted by Gasteiger charge is -2.38. The topological polar surface area (TPSA) is 49.9 Å². The van der Waals surface area contributed by atoms with Crippen LogP contribution in [0.15, 0.2) is 24.3 Å². The Morgan fingerprint density at radius 2 is 1.96 bits per heavy atom. The Hall–Kier alpha value is -1.88. The third kappa shape index (κ3) is 4.60. The summed E-state index contributed by atoms with van der Waals surface area (Å²) >= 11 is 0. The summed E-state index contributed by atoms with van der Waals surface area (Å²) in [4.78, 5) is 28.4. The summed E-state index contributed by atoms with van der Waals surface area (Å²) in [7, 11) is 4.95. The van der Waals surface area contributed by atoms with Gasteiger partial charge in [0.05, 0.1) is 7.11 Å². The summed E-state index contributed by atoms with van der Waals surface area (Å²) in [5.74, 6) is 0.445. The molecule has 1 saturated carbocycles. The number of hydrogen-bond acceptors (Lipinski definition) is 4. The molecule has 1 atom stereocenters. The SMILES string of the molecule is CCC(C)(C(=O)OC)N(Cc1cccc(C(=O)N(C)C)c1)CC1CC1. The van der Waals surface area contributed by atoms with Gasteiger partial charge < -0.3 is 9.64 Å². The van der Waals surface area contributed by atoms with Crippen molar-refractivity contribution in [1.82, 2.24) is 9.80 Å². The maximum atomic E-state index is 12.4. The minimum atomic E-state index is -0.654. The van der Waals surface area contributed by atoms with Gasteiger partial charge in [-0.25, -0.2) is 0 Å². The summed E-state index contributed by atoms with van der Waals surface area (Å²) in [5, 5.41) is 0. The van der Waals surface area contributed by atoms with Crippen molar-refractivity contribution in [2.45, 2.75) is 45.2 Å². The van der Waals surface area contributed by atoms with Crippen LogP contribution in [0.1, 0.15) is 49.0 Å². The number of methoxy groups -OCH3 is 1. The Labute approximate surface area is 150 Å². The summed E-state index contributed by atoms with van der Waals surface area (Å²) in [6.07, 6.45) is 3.12. The molecule has 0 radical (unpaired) electrons. The number of carbonyl (C=O) groups excluding carboxylic acids is 2. The van der Waals surface area contributed by atoms with Crippen LogP contribution in [0, 0.1) is 5.92 Å². The molecule has 0 bridgehead atoms. The Bertz CT molecular complexity index is 625. The smallest absolute Gasteiger partial charge is 0.325 e. The molecule has 25 heavy (non-hydrogen) atoms. The van der Waals surface area contributed by atoms with Gasteiger partial charge in [-0.1, -0.05) is 19.1 Å². The zero-order valence-corrected chi connectivity index (χ0v) is 16.0. The van der Waals surface area contributed by atoms with E-state index in [-0.39, 0.29) is 11.9 Å². The molecule has 2 rings (SSSR count). The molecule has 0 N–H and O–H groups in total. The van der Waals surface area contributed by atoms with E-state index in [2.05, 4.69) is 4.90 Å². The van der Waals surface area contributed by atoms with Crippen LogP contribution < -0.4 is 0 Å². The Morgan fingerprint density at radius 3 is 2.48 bits per heavy atom. The van der Waals surface area contributed by atoms with Gasteiger partial charge in [-0.3, -0.25) is 14.5 Å². The number of hydrogen-bond donors (Lipinski definition) is 0. The number of amides is 1. The van der Waals surface area contributed by atoms with Crippen molar-refractivity contribution < 1.29 is 14.3 Å². The molecule has 0 heterocycles. The fraction of sp³-hybridized carbons (Fsp3) is 0.600. The van der Waals surface area contributed by atoms with Gasteiger partial charge in [0.25, 0.3) is 5.91 Å². The number of rotatable bonds is 8. The van der Waals surface area contributed by atoms with Crippen LogP contribution in [0.25, 0.3) is 0 Å². The van der Waals surface area contributed by atoms with Crippen molar-refractivity contribution in [2.24, 2.45) is 5.92 Å². The molecular formula is C20H30N2O3. The first kappa shape index (κ1) is 19.4. The number of ether oxygens (including phenoxy) is 1. The second-order valence-electron chi connectivity index (χ2n) is 7.34. The van der Waals surface area contributed by atoms with E-state index in [0.717, 1.165) is 12.1 Å². The summed E-state index contributed by atoms with van der Waals surface area (Å²) in [5.41, 5.74) is 1.06. The van der Waals surface area contributed by atoms with Gasteiger partial charge >= 0.3 is 5.97 Å². The molecule has 5 nitrogen and oxygen atoms in total. The normalized spacial score (nSPS) is 16.4. The van der Waals surface area contributed by atoms with Crippen LogP contribution in [-0.4, -0.2) is 55.0 Å². The lowest BCUT2D eigenvalue weighted by molar-refractivity contribution is -0.155. The van der Waals surface area contributed by atoms with Crippen molar-refractivity contribution >= 4 is 11.9 Å². The minimum absolute atomic E-state index is 0.0122. The van der Waals surface area contributed by atoms with Crippen LogP contribution in [-0.2, 0) is 16.1 Å². The fourth-order valence-electron chi connectivity index (χ4n) is 3.05. The van der Waals surface area contributed by atoms with Gasteiger partial charge in [-0.2, -0.15) is 0 Å². The van der Waals surface area contributed by atoms with Gasteiger partial charge in [-0.05, 0) is 49.8 Å². The molecule has 0 aliphatic heterocycles. The maximum Gasteiger partial charge on any atom is 0.325 e. The molecular weight excluding hydrogens is 316 g/mol. The van der Waals surface area contributed by atoms with E-state index in [0.29, 0.717) is 24.4 Å². The number of carbonyl (C=O) groups is 2. The average molecular weight is 346 g/mol. The Balaban J connectivity index is 2.26. The highest BCUT2D eigenvalue weighted by molar-refractivity contribution is 5.94. The van der Waals surface area contributed by atoms with E-state index >= 15 is 0 Å². The van der Waals surface area contributed by atoms with Gasteiger partial charge in [-0.15, -0.1) is 0 Å². The number of benzene rings is 1. The monoisotopic (exact) mass is 346 g/mol. The van der Waals surface area contributed by atoms with Gasteiger partial charge in [0.2, 0.25) is 0 Å². The predicted molar refractivity (Wildman–Crippen MR) is 98.3 cm³/mol. The molecule has 1 aromatic carbocycles. The molecule has 0 spiro atoms. The molecule has 1 unspecified atom stereocenters. The predicted octanol–water partition coefficient (Wildman–Crippen LogP) is 2.94. The summed E-state index contributed by atoms with van der Waals surface area (Å²) < 4.78 is 5.08. The molecule has 1 fully saturated rings. The highest BCUT2D eigenvalue weighted by Crippen LogP contribution is 2.34. The zero-order valence-electron chi connectivity index (χ0n) is 16.0. The first-order chi connectivity index (χ1) is 11.8. The molecule has 1 aliphatic carbocycles. The molecule has 0 saturated heterocycles. The van der Waals surface area contributed by atoms with Crippen LogP contribution in [0.3, 0.4) is 0 Å². The Morgan fingerprint density at radius 1 is 1.28 bits per heavy atom. The largest absolute Gasteiger partial charge is 0.468 e. The van der Waals surface area contributed by atoms with Gasteiger partial charge in [0, 0.05) is 32.7 Å². The second-order valence-corrected chi connectivity index (χ2v) is 7.34. The molecule has 138 valence electrons. The quantitative estimate of drug-likeness (QED) is 0.679. The van der Waals surface area contributed by atoms with Crippen molar-refractivity contribution in [1.29, 1.82) is 0 Å². The first-order valence-electron chi connectivity index (χ1n) is 8.96. The van der Waals surface area contributed by atoms with Crippen LogP contribution in [0.2, 0.25) is 0 Å². The molecule has 1 aromatic rings. The summed E-state index contributed by atoms with van der Waals surface area (Å²) in [6.45, 7) is 5.48. The van der Waals surface area contributed by atoms with Crippen molar-refractivity contribution in [3.05, 3.63) is 35.4 Å². The third-order valence-electron chi connectivity index (χ3n) is 5.14. The Kier molecular flexibility index (Phi) is 6.22. The lowest BCUT2D eigenvalue weighted by atomic mass is 9.94. The van der Waals surface area contributed by atoms with E-state index in [1.165, 1.54) is 20.0 Å².